The minimum Gasteiger partial charge on any atom is -0.444 e. The molecule has 2 aliphatic rings. The van der Waals surface area contributed by atoms with Gasteiger partial charge in [-0.1, -0.05) is 17.7 Å². The molecule has 2 aliphatic heterocycles. The molecule has 2 fully saturated rings. The van der Waals surface area contributed by atoms with Crippen molar-refractivity contribution in [3.8, 4) is 0 Å². The first-order chi connectivity index (χ1) is 10.8. The van der Waals surface area contributed by atoms with Gasteiger partial charge >= 0.3 is 6.09 Å². The average molecular weight is 318 g/mol. The van der Waals surface area contributed by atoms with Crippen LogP contribution < -0.4 is 4.90 Å². The fraction of sp³-hybridized carbons (Fsp3) is 0.611. The third-order valence-corrected chi connectivity index (χ3v) is 4.32. The lowest BCUT2D eigenvalue weighted by atomic mass is 10.1. The number of morpholine rings is 1. The van der Waals surface area contributed by atoms with Crippen molar-refractivity contribution in [2.75, 3.05) is 31.1 Å². The van der Waals surface area contributed by atoms with Crippen molar-refractivity contribution < 1.29 is 14.3 Å². The van der Waals surface area contributed by atoms with E-state index in [1.54, 1.807) is 4.90 Å². The Balaban J connectivity index is 1.72. The summed E-state index contributed by atoms with van der Waals surface area (Å²) < 4.78 is 11.4. The van der Waals surface area contributed by atoms with Crippen molar-refractivity contribution in [2.24, 2.45) is 0 Å². The highest BCUT2D eigenvalue weighted by Gasteiger charge is 2.43. The van der Waals surface area contributed by atoms with Gasteiger partial charge in [0.05, 0.1) is 25.3 Å². The minimum atomic E-state index is -0.470. The highest BCUT2D eigenvalue weighted by atomic mass is 16.6. The molecular formula is C18H26N2O3. The quantitative estimate of drug-likeness (QED) is 0.798. The van der Waals surface area contributed by atoms with Crippen molar-refractivity contribution in [1.82, 2.24) is 4.90 Å². The molecule has 0 spiro atoms. The third-order valence-electron chi connectivity index (χ3n) is 4.32. The SMILES string of the molecule is Cc1ccc(N2CCOC3CN(C(=O)OC(C)(C)C)CC32)cc1. The fourth-order valence-corrected chi connectivity index (χ4v) is 3.22. The average Bonchev–Trinajstić information content (AvgIpc) is 2.90. The van der Waals surface area contributed by atoms with Gasteiger partial charge in [0.25, 0.3) is 0 Å². The summed E-state index contributed by atoms with van der Waals surface area (Å²) in [6.45, 7) is 10.6. The molecule has 1 aromatic carbocycles. The maximum absolute atomic E-state index is 12.3. The molecule has 0 saturated carbocycles. The second-order valence-electron chi connectivity index (χ2n) is 7.39. The van der Waals surface area contributed by atoms with Crippen molar-refractivity contribution in [3.63, 3.8) is 0 Å². The number of anilines is 1. The van der Waals surface area contributed by atoms with Gasteiger partial charge in [0, 0.05) is 18.8 Å². The van der Waals surface area contributed by atoms with Gasteiger partial charge in [0.1, 0.15) is 5.60 Å². The zero-order valence-corrected chi connectivity index (χ0v) is 14.4. The number of carbonyl (C=O) groups excluding carboxylic acids is 1. The van der Waals surface area contributed by atoms with E-state index < -0.39 is 5.60 Å². The molecule has 0 radical (unpaired) electrons. The third kappa shape index (κ3) is 3.61. The largest absolute Gasteiger partial charge is 0.444 e. The van der Waals surface area contributed by atoms with E-state index in [1.807, 2.05) is 20.8 Å². The zero-order valence-electron chi connectivity index (χ0n) is 14.4. The normalized spacial score (nSPS) is 24.5. The molecule has 0 aliphatic carbocycles. The Bertz CT molecular complexity index is 565. The maximum Gasteiger partial charge on any atom is 0.410 e. The topological polar surface area (TPSA) is 42.0 Å². The molecule has 23 heavy (non-hydrogen) atoms. The van der Waals surface area contributed by atoms with Crippen LogP contribution in [0.3, 0.4) is 0 Å². The van der Waals surface area contributed by atoms with Gasteiger partial charge in [-0.2, -0.15) is 0 Å². The van der Waals surface area contributed by atoms with Crippen LogP contribution in [0.15, 0.2) is 24.3 Å². The molecule has 0 bridgehead atoms. The van der Waals surface area contributed by atoms with Crippen LogP contribution in [0.4, 0.5) is 10.5 Å². The van der Waals surface area contributed by atoms with Crippen LogP contribution in [0.2, 0.25) is 0 Å². The van der Waals surface area contributed by atoms with Crippen LogP contribution in [0, 0.1) is 6.92 Å². The zero-order chi connectivity index (χ0) is 16.6. The lowest BCUT2D eigenvalue weighted by Gasteiger charge is -2.38. The first-order valence-electron chi connectivity index (χ1n) is 8.26. The highest BCUT2D eigenvalue weighted by Crippen LogP contribution is 2.29. The van der Waals surface area contributed by atoms with Gasteiger partial charge in [0.2, 0.25) is 0 Å². The van der Waals surface area contributed by atoms with Crippen LogP contribution in [-0.4, -0.2) is 55.0 Å². The summed E-state index contributed by atoms with van der Waals surface area (Å²) in [5.41, 5.74) is 1.97. The van der Waals surface area contributed by atoms with Crippen molar-refractivity contribution >= 4 is 11.8 Å². The van der Waals surface area contributed by atoms with E-state index in [0.29, 0.717) is 19.7 Å². The molecule has 5 heteroatoms. The number of nitrogens with zero attached hydrogens (tertiary/aromatic N) is 2. The number of aryl methyl sites for hydroxylation is 1. The number of hydrogen-bond donors (Lipinski definition) is 0. The van der Waals surface area contributed by atoms with Crippen molar-refractivity contribution in [3.05, 3.63) is 29.8 Å². The van der Waals surface area contributed by atoms with Gasteiger partial charge in [-0.15, -0.1) is 0 Å². The Labute approximate surface area is 138 Å². The van der Waals surface area contributed by atoms with E-state index in [2.05, 4.69) is 36.1 Å². The standard InChI is InChI=1S/C18H26N2O3/c1-13-5-7-14(8-6-13)20-9-10-22-16-12-19(11-15(16)20)17(21)23-18(2,3)4/h5-8,15-16H,9-12H2,1-4H3. The number of amides is 1. The van der Waals surface area contributed by atoms with Gasteiger partial charge in [-0.25, -0.2) is 4.79 Å². The molecule has 0 N–H and O–H groups in total. The van der Waals surface area contributed by atoms with Gasteiger partial charge in [-0.05, 0) is 39.8 Å². The first-order valence-corrected chi connectivity index (χ1v) is 8.26. The number of likely N-dealkylation sites (tertiary alicyclic amines) is 1. The second-order valence-corrected chi connectivity index (χ2v) is 7.39. The Hall–Kier alpha value is -1.75. The number of ether oxygens (including phenoxy) is 2. The Morgan fingerprint density at radius 1 is 1.22 bits per heavy atom. The summed E-state index contributed by atoms with van der Waals surface area (Å²) >= 11 is 0. The molecule has 1 aromatic rings. The van der Waals surface area contributed by atoms with Crippen LogP contribution in [0.5, 0.6) is 0 Å². The monoisotopic (exact) mass is 318 g/mol. The summed E-state index contributed by atoms with van der Waals surface area (Å²) in [7, 11) is 0. The summed E-state index contributed by atoms with van der Waals surface area (Å²) in [6.07, 6.45) is -0.197. The lowest BCUT2D eigenvalue weighted by Crippen LogP contribution is -2.51. The molecule has 2 unspecified atom stereocenters. The fourth-order valence-electron chi connectivity index (χ4n) is 3.22. The van der Waals surface area contributed by atoms with Crippen LogP contribution >= 0.6 is 0 Å². The molecule has 1 amide bonds. The van der Waals surface area contributed by atoms with E-state index in [-0.39, 0.29) is 18.2 Å². The molecule has 2 heterocycles. The molecule has 5 nitrogen and oxygen atoms in total. The molecule has 126 valence electrons. The van der Waals surface area contributed by atoms with Crippen LogP contribution in [0.25, 0.3) is 0 Å². The molecular weight excluding hydrogens is 292 g/mol. The van der Waals surface area contributed by atoms with E-state index in [0.717, 1.165) is 6.54 Å². The Morgan fingerprint density at radius 3 is 2.57 bits per heavy atom. The van der Waals surface area contributed by atoms with Crippen LogP contribution in [-0.2, 0) is 9.47 Å². The summed E-state index contributed by atoms with van der Waals surface area (Å²) in [5, 5.41) is 0. The van der Waals surface area contributed by atoms with Crippen molar-refractivity contribution in [1.29, 1.82) is 0 Å². The molecule has 2 saturated heterocycles. The molecule has 2 atom stereocenters. The predicted molar refractivity (Wildman–Crippen MR) is 89.9 cm³/mol. The van der Waals surface area contributed by atoms with Gasteiger partial charge < -0.3 is 19.3 Å². The summed E-state index contributed by atoms with van der Waals surface area (Å²) in [4.78, 5) is 16.5. The van der Waals surface area contributed by atoms with Gasteiger partial charge in [0.15, 0.2) is 0 Å². The van der Waals surface area contributed by atoms with E-state index in [4.69, 9.17) is 9.47 Å². The van der Waals surface area contributed by atoms with E-state index >= 15 is 0 Å². The number of benzene rings is 1. The van der Waals surface area contributed by atoms with E-state index in [1.165, 1.54) is 11.3 Å². The second kappa shape index (κ2) is 6.04. The van der Waals surface area contributed by atoms with E-state index in [9.17, 15) is 4.79 Å². The summed E-state index contributed by atoms with van der Waals surface area (Å²) in [5.74, 6) is 0. The van der Waals surface area contributed by atoms with Crippen molar-refractivity contribution in [2.45, 2.75) is 45.4 Å². The molecule has 3 rings (SSSR count). The van der Waals surface area contributed by atoms with Gasteiger partial charge in [-0.3, -0.25) is 0 Å². The maximum atomic E-state index is 12.3. The summed E-state index contributed by atoms with van der Waals surface area (Å²) in [6, 6.07) is 8.74. The predicted octanol–water partition coefficient (Wildman–Crippen LogP) is 2.82. The smallest absolute Gasteiger partial charge is 0.410 e. The Morgan fingerprint density at radius 2 is 1.91 bits per heavy atom. The molecule has 0 aromatic heterocycles. The number of rotatable bonds is 1. The lowest BCUT2D eigenvalue weighted by molar-refractivity contribution is 0.0163. The number of hydrogen-bond acceptors (Lipinski definition) is 4. The highest BCUT2D eigenvalue weighted by molar-refractivity contribution is 5.69. The first kappa shape index (κ1) is 16.1. The number of fused-ring (bicyclic) bond motifs is 1. The van der Waals surface area contributed by atoms with Crippen LogP contribution in [0.1, 0.15) is 26.3 Å². The number of carbonyl (C=O) groups is 1. The minimum absolute atomic E-state index is 0.0533. The Kier molecular flexibility index (Phi) is 4.23.